The number of sulfonamides is 1. The molecular formula is C30H44N4O7S. The number of aliphatic hydroxyl groups is 1. The third-order valence-electron chi connectivity index (χ3n) is 7.18. The number of nitrogens with zero attached hydrogens (tertiary/aromatic N) is 1. The maximum absolute atomic E-state index is 13.8. The molecule has 12 heteroatoms. The molecule has 1 aliphatic heterocycles. The molecule has 0 radical (unpaired) electrons. The average Bonchev–Trinajstić information content (AvgIpc) is 3.43. The van der Waals surface area contributed by atoms with Gasteiger partial charge in [-0.1, -0.05) is 64.4 Å². The molecule has 11 nitrogen and oxygen atoms in total. The first kappa shape index (κ1) is 33.3. The smallest absolute Gasteiger partial charge is 0.243 e. The Morgan fingerprint density at radius 1 is 1.00 bits per heavy atom. The Balaban J connectivity index is 1.89. The molecule has 4 atom stereocenters. The second kappa shape index (κ2) is 15.3. The van der Waals surface area contributed by atoms with Crippen LogP contribution in [0.15, 0.2) is 53.4 Å². The maximum atomic E-state index is 13.8. The Labute approximate surface area is 249 Å². The van der Waals surface area contributed by atoms with Crippen molar-refractivity contribution in [3.05, 3.63) is 54.1 Å². The Morgan fingerprint density at radius 2 is 1.69 bits per heavy atom. The zero-order valence-electron chi connectivity index (χ0n) is 25.0. The Hall–Kier alpha value is -3.19. The average molecular weight is 605 g/mol. The van der Waals surface area contributed by atoms with Gasteiger partial charge in [0.15, 0.2) is 11.5 Å². The second-order valence-electron chi connectivity index (χ2n) is 11.1. The topological polar surface area (TPSA) is 146 Å². The number of fused-ring (bicyclic) bond motifs is 1. The standard InChI is InChI=1S/C30H44N4O7S/c1-6-21(4)29(33-28(36)16-31-5)30(37)32-24(14-22-10-8-7-9-11-22)25(35)18-34(17-20(2)3)42(38,39)23-12-13-26-27(15-23)41-19-40-26/h7-13,15,20-21,24-25,29,31,35H,6,14,16-19H2,1-5H3,(H,32,37)(H,33,36). The molecule has 42 heavy (non-hydrogen) atoms. The Morgan fingerprint density at radius 3 is 2.33 bits per heavy atom. The summed E-state index contributed by atoms with van der Waals surface area (Å²) in [7, 11) is -2.40. The van der Waals surface area contributed by atoms with E-state index in [0.717, 1.165) is 5.56 Å². The van der Waals surface area contributed by atoms with Gasteiger partial charge in [-0.15, -0.1) is 0 Å². The number of amides is 2. The van der Waals surface area contributed by atoms with Gasteiger partial charge in [0.05, 0.1) is 23.6 Å². The molecule has 1 heterocycles. The number of aliphatic hydroxyl groups excluding tert-OH is 1. The van der Waals surface area contributed by atoms with E-state index < -0.39 is 34.1 Å². The first-order valence-electron chi connectivity index (χ1n) is 14.3. The highest BCUT2D eigenvalue weighted by Gasteiger charge is 2.34. The van der Waals surface area contributed by atoms with E-state index in [4.69, 9.17) is 9.47 Å². The van der Waals surface area contributed by atoms with Crippen LogP contribution >= 0.6 is 0 Å². The van der Waals surface area contributed by atoms with Crippen LogP contribution in [-0.2, 0) is 26.0 Å². The van der Waals surface area contributed by atoms with Crippen molar-refractivity contribution in [2.45, 2.75) is 63.6 Å². The largest absolute Gasteiger partial charge is 0.454 e. The summed E-state index contributed by atoms with van der Waals surface area (Å²) in [4.78, 5) is 25.9. The lowest BCUT2D eigenvalue weighted by Crippen LogP contribution is -2.57. The van der Waals surface area contributed by atoms with E-state index in [0.29, 0.717) is 17.9 Å². The van der Waals surface area contributed by atoms with Gasteiger partial charge in [0.1, 0.15) is 6.04 Å². The molecule has 0 saturated heterocycles. The number of rotatable bonds is 16. The lowest BCUT2D eigenvalue weighted by molar-refractivity contribution is -0.130. The summed E-state index contributed by atoms with van der Waals surface area (Å²) < 4.78 is 39.6. The number of ether oxygens (including phenoxy) is 2. The number of benzene rings is 2. The SMILES string of the molecule is CCC(C)C(NC(=O)CNC)C(=O)NC(Cc1ccccc1)C(O)CN(CC(C)C)S(=O)(=O)c1ccc2c(c1)OCO2. The summed E-state index contributed by atoms with van der Waals surface area (Å²) in [6, 6.07) is 12.1. The lowest BCUT2D eigenvalue weighted by Gasteiger charge is -2.32. The fraction of sp³-hybridized carbons (Fsp3) is 0.533. The molecular weight excluding hydrogens is 560 g/mol. The lowest BCUT2D eigenvalue weighted by atomic mass is 9.96. The molecule has 0 bridgehead atoms. The quantitative estimate of drug-likeness (QED) is 0.227. The molecule has 1 aliphatic rings. The first-order valence-corrected chi connectivity index (χ1v) is 15.8. The highest BCUT2D eigenvalue weighted by Crippen LogP contribution is 2.35. The third kappa shape index (κ3) is 8.90. The van der Waals surface area contributed by atoms with E-state index in [2.05, 4.69) is 16.0 Å². The van der Waals surface area contributed by atoms with Crippen LogP contribution in [0.1, 0.15) is 39.7 Å². The summed E-state index contributed by atoms with van der Waals surface area (Å²) in [5.41, 5.74) is 0.857. The molecule has 2 amide bonds. The van der Waals surface area contributed by atoms with Gasteiger partial charge >= 0.3 is 0 Å². The van der Waals surface area contributed by atoms with Crippen molar-refractivity contribution in [2.24, 2.45) is 11.8 Å². The van der Waals surface area contributed by atoms with Gasteiger partial charge in [-0.3, -0.25) is 9.59 Å². The fourth-order valence-corrected chi connectivity index (χ4v) is 6.35. The number of carbonyl (C=O) groups is 2. The van der Waals surface area contributed by atoms with E-state index in [9.17, 15) is 23.1 Å². The Kier molecular flexibility index (Phi) is 12.2. The van der Waals surface area contributed by atoms with Crippen LogP contribution in [0.25, 0.3) is 0 Å². The van der Waals surface area contributed by atoms with Crippen LogP contribution in [0, 0.1) is 11.8 Å². The minimum atomic E-state index is -4.04. The van der Waals surface area contributed by atoms with Gasteiger partial charge in [0, 0.05) is 19.2 Å². The molecule has 0 fully saturated rings. The van der Waals surface area contributed by atoms with E-state index in [1.165, 1.54) is 16.4 Å². The number of nitrogens with one attached hydrogen (secondary N) is 3. The first-order chi connectivity index (χ1) is 20.0. The number of likely N-dealkylation sites (N-methyl/N-ethyl adjacent to an activating group) is 1. The maximum Gasteiger partial charge on any atom is 0.243 e. The number of carbonyl (C=O) groups excluding carboxylic acids is 2. The van der Waals surface area contributed by atoms with Crippen LogP contribution in [0.2, 0.25) is 0 Å². The normalized spacial score (nSPS) is 15.7. The van der Waals surface area contributed by atoms with Crippen molar-refractivity contribution >= 4 is 21.8 Å². The predicted molar refractivity (Wildman–Crippen MR) is 160 cm³/mol. The van der Waals surface area contributed by atoms with E-state index in [1.807, 2.05) is 58.0 Å². The molecule has 0 aromatic heterocycles. The number of hydrogen-bond donors (Lipinski definition) is 4. The number of hydrogen-bond acceptors (Lipinski definition) is 8. The zero-order chi connectivity index (χ0) is 30.9. The van der Waals surface area contributed by atoms with Crippen molar-refractivity contribution in [1.82, 2.24) is 20.3 Å². The van der Waals surface area contributed by atoms with Crippen LogP contribution in [0.5, 0.6) is 11.5 Å². The monoisotopic (exact) mass is 604 g/mol. The highest BCUT2D eigenvalue weighted by molar-refractivity contribution is 7.89. The van der Waals surface area contributed by atoms with Gasteiger partial charge in [0.25, 0.3) is 0 Å². The summed E-state index contributed by atoms with van der Waals surface area (Å²) in [6.07, 6.45) is -0.368. The molecule has 0 spiro atoms. The Bertz CT molecular complexity index is 1290. The van der Waals surface area contributed by atoms with E-state index >= 15 is 0 Å². The van der Waals surface area contributed by atoms with E-state index in [1.54, 1.807) is 13.1 Å². The minimum Gasteiger partial charge on any atom is -0.454 e. The van der Waals surface area contributed by atoms with Crippen LogP contribution in [0.3, 0.4) is 0 Å². The predicted octanol–water partition coefficient (Wildman–Crippen LogP) is 1.90. The minimum absolute atomic E-state index is 0.0151. The van der Waals surface area contributed by atoms with Crippen molar-refractivity contribution in [1.29, 1.82) is 0 Å². The third-order valence-corrected chi connectivity index (χ3v) is 9.01. The van der Waals surface area contributed by atoms with Crippen LogP contribution in [0.4, 0.5) is 0 Å². The summed E-state index contributed by atoms with van der Waals surface area (Å²) in [5.74, 6) is -0.178. The molecule has 3 rings (SSSR count). The van der Waals surface area contributed by atoms with Crippen LogP contribution in [-0.4, -0.2) is 81.3 Å². The highest BCUT2D eigenvalue weighted by atomic mass is 32.2. The summed E-state index contributed by atoms with van der Waals surface area (Å²) >= 11 is 0. The second-order valence-corrected chi connectivity index (χ2v) is 13.0. The van der Waals surface area contributed by atoms with Gasteiger partial charge in [-0.05, 0) is 43.0 Å². The van der Waals surface area contributed by atoms with Crippen molar-refractivity contribution in [2.75, 3.05) is 33.5 Å². The van der Waals surface area contributed by atoms with Gasteiger partial charge in [-0.25, -0.2) is 8.42 Å². The molecule has 2 aromatic rings. The van der Waals surface area contributed by atoms with Gasteiger partial charge < -0.3 is 30.5 Å². The van der Waals surface area contributed by atoms with Crippen LogP contribution < -0.4 is 25.4 Å². The molecule has 4 N–H and O–H groups in total. The molecule has 0 saturated carbocycles. The molecule has 0 aliphatic carbocycles. The summed E-state index contributed by atoms with van der Waals surface area (Å²) in [6.45, 7) is 7.54. The van der Waals surface area contributed by atoms with Crippen molar-refractivity contribution in [3.8, 4) is 11.5 Å². The summed E-state index contributed by atoms with van der Waals surface area (Å²) in [5, 5.41) is 20.0. The van der Waals surface area contributed by atoms with Gasteiger partial charge in [0.2, 0.25) is 28.6 Å². The fourth-order valence-electron chi connectivity index (χ4n) is 4.71. The zero-order valence-corrected chi connectivity index (χ0v) is 25.8. The molecule has 4 unspecified atom stereocenters. The molecule has 2 aromatic carbocycles. The van der Waals surface area contributed by atoms with Crippen molar-refractivity contribution in [3.63, 3.8) is 0 Å². The molecule has 232 valence electrons. The van der Waals surface area contributed by atoms with Crippen molar-refractivity contribution < 1.29 is 32.6 Å². The van der Waals surface area contributed by atoms with Gasteiger partial charge in [-0.2, -0.15) is 4.31 Å². The van der Waals surface area contributed by atoms with E-state index in [-0.39, 0.29) is 55.5 Å².